The molecule has 0 atom stereocenters. The first kappa shape index (κ1) is 16.8. The van der Waals surface area contributed by atoms with Crippen LogP contribution in [0, 0.1) is 5.41 Å². The molecule has 21 heavy (non-hydrogen) atoms. The first-order valence-corrected chi connectivity index (χ1v) is 9.05. The van der Waals surface area contributed by atoms with Crippen LogP contribution >= 0.6 is 15.9 Å². The highest BCUT2D eigenvalue weighted by Crippen LogP contribution is 2.34. The van der Waals surface area contributed by atoms with Gasteiger partial charge in [-0.25, -0.2) is 0 Å². The summed E-state index contributed by atoms with van der Waals surface area (Å²) in [6, 6.07) is 6.82. The number of nitrogens with one attached hydrogen (secondary N) is 1. The Morgan fingerprint density at radius 2 is 2.05 bits per heavy atom. The molecule has 0 radical (unpaired) electrons. The minimum Gasteiger partial charge on any atom is -0.371 e. The third kappa shape index (κ3) is 5.00. The molecule has 118 valence electrons. The molecule has 0 saturated carbocycles. The predicted octanol–water partition coefficient (Wildman–Crippen LogP) is 4.97. The summed E-state index contributed by atoms with van der Waals surface area (Å²) in [7, 11) is 0. The lowest BCUT2D eigenvalue weighted by molar-refractivity contribution is 0.325. The molecule has 2 rings (SSSR count). The Morgan fingerprint density at radius 1 is 1.24 bits per heavy atom. The molecule has 2 nitrogen and oxygen atoms in total. The van der Waals surface area contributed by atoms with E-state index in [0.717, 1.165) is 13.1 Å². The van der Waals surface area contributed by atoms with E-state index < -0.39 is 0 Å². The Bertz CT molecular complexity index is 457. The van der Waals surface area contributed by atoms with Crippen molar-refractivity contribution in [1.82, 2.24) is 5.32 Å². The third-order valence-electron chi connectivity index (χ3n) is 4.45. The Kier molecular flexibility index (Phi) is 6.12. The van der Waals surface area contributed by atoms with Gasteiger partial charge in [-0.2, -0.15) is 0 Å². The van der Waals surface area contributed by atoms with Crippen molar-refractivity contribution in [3.05, 3.63) is 28.2 Å². The SMILES string of the molecule is CCCNCc1ccc(N2CCCC(C)(C)CC2)c(Br)c1. The van der Waals surface area contributed by atoms with Gasteiger partial charge in [-0.1, -0.05) is 26.8 Å². The number of nitrogens with zero attached hydrogens (tertiary/aromatic N) is 1. The maximum absolute atomic E-state index is 3.78. The second-order valence-electron chi connectivity index (χ2n) is 6.97. The number of rotatable bonds is 5. The van der Waals surface area contributed by atoms with Crippen LogP contribution in [0.25, 0.3) is 0 Å². The summed E-state index contributed by atoms with van der Waals surface area (Å²) in [6.07, 6.45) is 5.08. The Balaban J connectivity index is 2.03. The van der Waals surface area contributed by atoms with E-state index in [9.17, 15) is 0 Å². The maximum Gasteiger partial charge on any atom is 0.0510 e. The van der Waals surface area contributed by atoms with Crippen LogP contribution in [-0.2, 0) is 6.54 Å². The van der Waals surface area contributed by atoms with Crippen LogP contribution in [0.1, 0.15) is 52.0 Å². The zero-order valence-electron chi connectivity index (χ0n) is 13.7. The quantitative estimate of drug-likeness (QED) is 0.752. The highest BCUT2D eigenvalue weighted by Gasteiger charge is 2.23. The van der Waals surface area contributed by atoms with E-state index in [2.05, 4.69) is 65.1 Å². The van der Waals surface area contributed by atoms with Crippen LogP contribution in [0.4, 0.5) is 5.69 Å². The third-order valence-corrected chi connectivity index (χ3v) is 5.08. The van der Waals surface area contributed by atoms with Crippen LogP contribution in [0.2, 0.25) is 0 Å². The molecule has 1 aromatic rings. The molecule has 0 amide bonds. The molecule has 1 saturated heterocycles. The van der Waals surface area contributed by atoms with Crippen molar-refractivity contribution in [2.75, 3.05) is 24.5 Å². The molecule has 0 aromatic heterocycles. The van der Waals surface area contributed by atoms with E-state index in [0.29, 0.717) is 5.41 Å². The van der Waals surface area contributed by atoms with Crippen molar-refractivity contribution in [2.24, 2.45) is 5.41 Å². The van der Waals surface area contributed by atoms with Gasteiger partial charge in [-0.15, -0.1) is 0 Å². The Hall–Kier alpha value is -0.540. The van der Waals surface area contributed by atoms with Crippen LogP contribution in [-0.4, -0.2) is 19.6 Å². The van der Waals surface area contributed by atoms with E-state index in [4.69, 9.17) is 0 Å². The minimum atomic E-state index is 0.491. The minimum absolute atomic E-state index is 0.491. The molecule has 0 aliphatic carbocycles. The van der Waals surface area contributed by atoms with Crippen molar-refractivity contribution in [3.8, 4) is 0 Å². The summed E-state index contributed by atoms with van der Waals surface area (Å²) in [6.45, 7) is 11.4. The topological polar surface area (TPSA) is 15.3 Å². The molecule has 1 aliphatic rings. The molecule has 0 bridgehead atoms. The molecular formula is C18H29BrN2. The highest BCUT2D eigenvalue weighted by molar-refractivity contribution is 9.10. The fourth-order valence-electron chi connectivity index (χ4n) is 2.99. The molecule has 0 spiro atoms. The summed E-state index contributed by atoms with van der Waals surface area (Å²) < 4.78 is 1.23. The number of hydrogen-bond donors (Lipinski definition) is 1. The summed E-state index contributed by atoms with van der Waals surface area (Å²) in [4.78, 5) is 2.54. The Morgan fingerprint density at radius 3 is 2.76 bits per heavy atom. The van der Waals surface area contributed by atoms with Gasteiger partial charge >= 0.3 is 0 Å². The van der Waals surface area contributed by atoms with E-state index in [-0.39, 0.29) is 0 Å². The van der Waals surface area contributed by atoms with Gasteiger partial charge in [0.1, 0.15) is 0 Å². The van der Waals surface area contributed by atoms with Crippen LogP contribution < -0.4 is 10.2 Å². The summed E-state index contributed by atoms with van der Waals surface area (Å²) >= 11 is 3.78. The van der Waals surface area contributed by atoms with Gasteiger partial charge in [0.2, 0.25) is 0 Å². The lowest BCUT2D eigenvalue weighted by Crippen LogP contribution is -2.25. The van der Waals surface area contributed by atoms with Crippen LogP contribution in [0.3, 0.4) is 0 Å². The highest BCUT2D eigenvalue weighted by atomic mass is 79.9. The van der Waals surface area contributed by atoms with E-state index in [1.807, 2.05) is 0 Å². The summed E-state index contributed by atoms with van der Waals surface area (Å²) in [5.41, 5.74) is 3.20. The van der Waals surface area contributed by atoms with Crippen LogP contribution in [0.15, 0.2) is 22.7 Å². The average molecular weight is 353 g/mol. The normalized spacial score (nSPS) is 18.6. The molecule has 0 unspecified atom stereocenters. The molecule has 1 fully saturated rings. The van der Waals surface area contributed by atoms with Crippen LogP contribution in [0.5, 0.6) is 0 Å². The standard InChI is InChI=1S/C18H29BrN2/c1-4-10-20-14-15-6-7-17(16(19)13-15)21-11-5-8-18(2,3)9-12-21/h6-7,13,20H,4-5,8-12,14H2,1-3H3. The van der Waals surface area contributed by atoms with Gasteiger partial charge in [0.05, 0.1) is 5.69 Å². The Labute approximate surface area is 138 Å². The van der Waals surface area contributed by atoms with Crippen molar-refractivity contribution >= 4 is 21.6 Å². The number of benzene rings is 1. The molecule has 3 heteroatoms. The van der Waals surface area contributed by atoms with Crippen molar-refractivity contribution in [2.45, 2.75) is 53.0 Å². The molecular weight excluding hydrogens is 324 g/mol. The van der Waals surface area contributed by atoms with E-state index in [1.54, 1.807) is 0 Å². The molecule has 1 N–H and O–H groups in total. The van der Waals surface area contributed by atoms with E-state index in [1.165, 1.54) is 54.5 Å². The summed E-state index contributed by atoms with van der Waals surface area (Å²) in [5, 5.41) is 3.46. The van der Waals surface area contributed by atoms with Gasteiger partial charge in [-0.05, 0) is 71.3 Å². The second-order valence-corrected chi connectivity index (χ2v) is 7.82. The molecule has 1 aliphatic heterocycles. The van der Waals surface area contributed by atoms with Gasteiger partial charge in [0.25, 0.3) is 0 Å². The van der Waals surface area contributed by atoms with Gasteiger partial charge in [-0.3, -0.25) is 0 Å². The molecule has 1 heterocycles. The second kappa shape index (κ2) is 7.64. The number of hydrogen-bond acceptors (Lipinski definition) is 2. The number of halogens is 1. The predicted molar refractivity (Wildman–Crippen MR) is 96.0 cm³/mol. The lowest BCUT2D eigenvalue weighted by Gasteiger charge is -2.26. The first-order chi connectivity index (χ1) is 10.0. The van der Waals surface area contributed by atoms with Gasteiger partial charge < -0.3 is 10.2 Å². The fraction of sp³-hybridized carbons (Fsp3) is 0.667. The number of anilines is 1. The van der Waals surface area contributed by atoms with Gasteiger partial charge in [0.15, 0.2) is 0 Å². The smallest absolute Gasteiger partial charge is 0.0510 e. The lowest BCUT2D eigenvalue weighted by atomic mass is 9.85. The largest absolute Gasteiger partial charge is 0.371 e. The van der Waals surface area contributed by atoms with Crippen molar-refractivity contribution in [3.63, 3.8) is 0 Å². The zero-order chi connectivity index (χ0) is 15.3. The van der Waals surface area contributed by atoms with Gasteiger partial charge in [0, 0.05) is 24.1 Å². The maximum atomic E-state index is 3.78. The molecule has 1 aromatic carbocycles. The summed E-state index contributed by atoms with van der Waals surface area (Å²) in [5.74, 6) is 0. The average Bonchev–Trinajstić information content (AvgIpc) is 2.60. The zero-order valence-corrected chi connectivity index (χ0v) is 15.3. The van der Waals surface area contributed by atoms with Crippen molar-refractivity contribution < 1.29 is 0 Å². The van der Waals surface area contributed by atoms with E-state index >= 15 is 0 Å². The van der Waals surface area contributed by atoms with Crippen molar-refractivity contribution in [1.29, 1.82) is 0 Å². The first-order valence-electron chi connectivity index (χ1n) is 8.26. The fourth-order valence-corrected chi connectivity index (χ4v) is 3.67. The monoisotopic (exact) mass is 352 g/mol.